The summed E-state index contributed by atoms with van der Waals surface area (Å²) in [5.41, 5.74) is 0.551. The maximum absolute atomic E-state index is 12.2. The van der Waals surface area contributed by atoms with Gasteiger partial charge in [-0.1, -0.05) is 11.6 Å². The van der Waals surface area contributed by atoms with Crippen LogP contribution in [0.25, 0.3) is 0 Å². The number of carbonyl (C=O) groups is 3. The summed E-state index contributed by atoms with van der Waals surface area (Å²) in [5.74, 6) is -1.93. The van der Waals surface area contributed by atoms with E-state index in [1.807, 2.05) is 0 Å². The number of hydrogen-bond donors (Lipinski definition) is 2. The van der Waals surface area contributed by atoms with Crippen LogP contribution < -0.4 is 5.32 Å². The second-order valence-electron chi connectivity index (χ2n) is 4.31. The molecule has 0 saturated heterocycles. The van der Waals surface area contributed by atoms with Crippen molar-refractivity contribution in [2.24, 2.45) is 0 Å². The van der Waals surface area contributed by atoms with Gasteiger partial charge in [0.2, 0.25) is 5.91 Å². The topological polar surface area (TPSA) is 86.7 Å². The Morgan fingerprint density at radius 2 is 1.95 bits per heavy atom. The molecule has 1 unspecified atom stereocenters. The molecule has 0 radical (unpaired) electrons. The minimum Gasteiger partial charge on any atom is -0.480 e. The number of benzene rings is 1. The van der Waals surface area contributed by atoms with Crippen molar-refractivity contribution in [3.05, 3.63) is 28.8 Å². The number of nitrogens with zero attached hydrogens (tertiary/aromatic N) is 1. The Morgan fingerprint density at radius 3 is 2.45 bits per heavy atom. The van der Waals surface area contributed by atoms with E-state index in [2.05, 4.69) is 5.32 Å². The van der Waals surface area contributed by atoms with Crippen LogP contribution in [0.1, 0.15) is 24.2 Å². The number of halogens is 1. The first-order valence-electron chi connectivity index (χ1n) is 5.81. The molecule has 0 saturated carbocycles. The zero-order chi connectivity index (χ0) is 15.4. The molecule has 0 aromatic heterocycles. The lowest BCUT2D eigenvalue weighted by Gasteiger charge is -2.22. The molecule has 2 N–H and O–H groups in total. The van der Waals surface area contributed by atoms with Crippen molar-refractivity contribution in [2.45, 2.75) is 19.9 Å². The smallest absolute Gasteiger partial charge is 0.326 e. The number of rotatable bonds is 4. The molecule has 0 heterocycles. The summed E-state index contributed by atoms with van der Waals surface area (Å²) < 4.78 is 0. The normalized spacial score (nSPS) is 11.6. The SMILES string of the molecule is CC(=O)Nc1ccc(Cl)c(C(=O)N(C)C(C)C(=O)O)c1. The number of amides is 2. The van der Waals surface area contributed by atoms with E-state index in [4.69, 9.17) is 16.7 Å². The number of carboxylic acids is 1. The number of nitrogens with one attached hydrogen (secondary N) is 1. The molecule has 1 aromatic carbocycles. The maximum atomic E-state index is 12.2. The third-order valence-electron chi connectivity index (χ3n) is 2.78. The highest BCUT2D eigenvalue weighted by Crippen LogP contribution is 2.22. The lowest BCUT2D eigenvalue weighted by atomic mass is 10.1. The van der Waals surface area contributed by atoms with Crippen molar-refractivity contribution in [1.82, 2.24) is 4.90 Å². The fourth-order valence-corrected chi connectivity index (χ4v) is 1.70. The van der Waals surface area contributed by atoms with Crippen molar-refractivity contribution in [3.63, 3.8) is 0 Å². The molecule has 0 aliphatic heterocycles. The van der Waals surface area contributed by atoms with Crippen LogP contribution in [0, 0.1) is 0 Å². The van der Waals surface area contributed by atoms with E-state index in [0.717, 1.165) is 4.90 Å². The summed E-state index contributed by atoms with van der Waals surface area (Å²) in [7, 11) is 1.38. The third kappa shape index (κ3) is 3.71. The second-order valence-corrected chi connectivity index (χ2v) is 4.71. The Balaban J connectivity index is 3.08. The van der Waals surface area contributed by atoms with Gasteiger partial charge in [0.15, 0.2) is 0 Å². The molecule has 7 heteroatoms. The zero-order valence-corrected chi connectivity index (χ0v) is 12.1. The van der Waals surface area contributed by atoms with Crippen molar-refractivity contribution in [1.29, 1.82) is 0 Å². The molecular weight excluding hydrogens is 284 g/mol. The minimum atomic E-state index is -1.12. The van der Waals surface area contributed by atoms with E-state index in [9.17, 15) is 14.4 Å². The first-order chi connectivity index (χ1) is 9.23. The van der Waals surface area contributed by atoms with E-state index in [0.29, 0.717) is 5.69 Å². The molecule has 0 aliphatic rings. The average Bonchev–Trinajstić information content (AvgIpc) is 2.37. The molecule has 1 aromatic rings. The summed E-state index contributed by atoms with van der Waals surface area (Å²) >= 11 is 5.95. The third-order valence-corrected chi connectivity index (χ3v) is 3.11. The van der Waals surface area contributed by atoms with Crippen LogP contribution in [0.3, 0.4) is 0 Å². The minimum absolute atomic E-state index is 0.133. The van der Waals surface area contributed by atoms with Gasteiger partial charge >= 0.3 is 5.97 Å². The van der Waals surface area contributed by atoms with E-state index in [-0.39, 0.29) is 16.5 Å². The van der Waals surface area contributed by atoms with Gasteiger partial charge in [0, 0.05) is 19.7 Å². The van der Waals surface area contributed by atoms with Gasteiger partial charge in [-0.05, 0) is 25.1 Å². The molecule has 6 nitrogen and oxygen atoms in total. The number of anilines is 1. The Hall–Kier alpha value is -2.08. The van der Waals surface area contributed by atoms with Crippen molar-refractivity contribution < 1.29 is 19.5 Å². The van der Waals surface area contributed by atoms with Gasteiger partial charge in [-0.15, -0.1) is 0 Å². The van der Waals surface area contributed by atoms with Crippen LogP contribution in [-0.4, -0.2) is 40.9 Å². The van der Waals surface area contributed by atoms with Crippen LogP contribution in [0.5, 0.6) is 0 Å². The van der Waals surface area contributed by atoms with E-state index < -0.39 is 17.9 Å². The quantitative estimate of drug-likeness (QED) is 0.888. The van der Waals surface area contributed by atoms with Crippen LogP contribution in [0.4, 0.5) is 5.69 Å². The zero-order valence-electron chi connectivity index (χ0n) is 11.3. The standard InChI is InChI=1S/C13H15ClN2O4/c1-7(13(19)20)16(3)12(18)10-6-9(15-8(2)17)4-5-11(10)14/h4-7H,1-3H3,(H,15,17)(H,19,20). The summed E-state index contributed by atoms with van der Waals surface area (Å²) in [6.07, 6.45) is 0. The predicted molar refractivity (Wildman–Crippen MR) is 74.9 cm³/mol. The number of carbonyl (C=O) groups excluding carboxylic acids is 2. The Kier molecular flexibility index (Phi) is 5.10. The summed E-state index contributed by atoms with van der Waals surface area (Å²) in [6.45, 7) is 2.74. The van der Waals surface area contributed by atoms with Gasteiger partial charge in [0.1, 0.15) is 6.04 Å². The fraction of sp³-hybridized carbons (Fsp3) is 0.308. The number of likely N-dealkylation sites (N-methyl/N-ethyl adjacent to an activating group) is 1. The average molecular weight is 299 g/mol. The molecular formula is C13H15ClN2O4. The van der Waals surface area contributed by atoms with Crippen molar-refractivity contribution >= 4 is 35.1 Å². The molecule has 1 atom stereocenters. The summed E-state index contributed by atoms with van der Waals surface area (Å²) in [5, 5.41) is 11.6. The molecule has 108 valence electrons. The van der Waals surface area contributed by atoms with E-state index in [1.165, 1.54) is 33.0 Å². The van der Waals surface area contributed by atoms with Gasteiger partial charge in [0.25, 0.3) is 5.91 Å². The maximum Gasteiger partial charge on any atom is 0.326 e. The van der Waals surface area contributed by atoms with Crippen LogP contribution in [0.2, 0.25) is 5.02 Å². The Bertz CT molecular complexity index is 559. The molecule has 1 rings (SSSR count). The Labute approximate surface area is 121 Å². The number of aliphatic carboxylic acids is 1. The molecule has 0 bridgehead atoms. The lowest BCUT2D eigenvalue weighted by Crippen LogP contribution is -2.40. The summed E-state index contributed by atoms with van der Waals surface area (Å²) in [4.78, 5) is 35.2. The van der Waals surface area contributed by atoms with Crippen LogP contribution in [0.15, 0.2) is 18.2 Å². The number of hydrogen-bond acceptors (Lipinski definition) is 3. The largest absolute Gasteiger partial charge is 0.480 e. The second kappa shape index (κ2) is 6.38. The summed E-state index contributed by atoms with van der Waals surface area (Å²) in [6, 6.07) is 3.46. The van der Waals surface area contributed by atoms with Gasteiger partial charge in [-0.2, -0.15) is 0 Å². The highest BCUT2D eigenvalue weighted by atomic mass is 35.5. The molecule has 2 amide bonds. The fourth-order valence-electron chi connectivity index (χ4n) is 1.50. The Morgan fingerprint density at radius 1 is 1.35 bits per heavy atom. The van der Waals surface area contributed by atoms with Gasteiger partial charge in [-0.3, -0.25) is 9.59 Å². The van der Waals surface area contributed by atoms with Crippen LogP contribution >= 0.6 is 11.6 Å². The molecule has 0 fully saturated rings. The van der Waals surface area contributed by atoms with E-state index in [1.54, 1.807) is 6.07 Å². The number of carboxylic acid groups (broad SMARTS) is 1. The van der Waals surface area contributed by atoms with Crippen molar-refractivity contribution in [3.8, 4) is 0 Å². The van der Waals surface area contributed by atoms with E-state index >= 15 is 0 Å². The first kappa shape index (κ1) is 16.0. The predicted octanol–water partition coefficient (Wildman–Crippen LogP) is 1.84. The molecule has 0 aliphatic carbocycles. The lowest BCUT2D eigenvalue weighted by molar-refractivity contribution is -0.141. The first-order valence-corrected chi connectivity index (χ1v) is 6.19. The highest BCUT2D eigenvalue weighted by Gasteiger charge is 2.24. The van der Waals surface area contributed by atoms with Crippen molar-refractivity contribution in [2.75, 3.05) is 12.4 Å². The molecule has 20 heavy (non-hydrogen) atoms. The highest BCUT2D eigenvalue weighted by molar-refractivity contribution is 6.34. The molecule has 0 spiro atoms. The van der Waals surface area contributed by atoms with Crippen LogP contribution in [-0.2, 0) is 9.59 Å². The van der Waals surface area contributed by atoms with Gasteiger partial charge in [0.05, 0.1) is 10.6 Å². The monoisotopic (exact) mass is 298 g/mol. The van der Waals surface area contributed by atoms with Gasteiger partial charge in [-0.25, -0.2) is 4.79 Å². The van der Waals surface area contributed by atoms with Gasteiger partial charge < -0.3 is 15.3 Å².